The highest BCUT2D eigenvalue weighted by Crippen LogP contribution is 2.04. The molecule has 0 saturated heterocycles. The molecule has 132 valence electrons. The first-order valence-electron chi connectivity index (χ1n) is 8.42. The first-order valence-corrected chi connectivity index (χ1v) is 8.42. The average Bonchev–Trinajstić information content (AvgIpc) is 2.64. The van der Waals surface area contributed by atoms with Gasteiger partial charge in [0.25, 0.3) is 0 Å². The van der Waals surface area contributed by atoms with Crippen LogP contribution in [0.2, 0.25) is 0 Å². The maximum absolute atomic E-state index is 12.8. The molecule has 2 rings (SSSR count). The summed E-state index contributed by atoms with van der Waals surface area (Å²) in [4.78, 5) is 18.1. The summed E-state index contributed by atoms with van der Waals surface area (Å²) in [7, 11) is 2.08. The highest BCUT2D eigenvalue weighted by atomic mass is 19.1. The van der Waals surface area contributed by atoms with Crippen molar-refractivity contribution in [3.8, 4) is 0 Å². The number of benzene rings is 1. The summed E-state index contributed by atoms with van der Waals surface area (Å²) >= 11 is 0. The van der Waals surface area contributed by atoms with E-state index in [1.807, 2.05) is 12.3 Å². The third kappa shape index (κ3) is 7.72. The number of halogens is 1. The fourth-order valence-electron chi connectivity index (χ4n) is 2.34. The van der Waals surface area contributed by atoms with Gasteiger partial charge in [0, 0.05) is 31.6 Å². The molecule has 0 saturated carbocycles. The van der Waals surface area contributed by atoms with E-state index in [2.05, 4.69) is 28.3 Å². The van der Waals surface area contributed by atoms with Gasteiger partial charge in [0.15, 0.2) is 0 Å². The number of carbonyl (C=O) groups excluding carboxylic acids is 1. The largest absolute Gasteiger partial charge is 0.353 e. The standard InChI is InChI=1S/C20H24FN3O/c1-24(15-11-18-4-2-12-22-16-18)14-3-13-23-20(25)10-7-17-5-8-19(21)9-6-17/h2,4-10,12,16H,3,11,13-15H2,1H3,(H,23,25). The van der Waals surface area contributed by atoms with Crippen LogP contribution in [0.15, 0.2) is 54.9 Å². The zero-order valence-corrected chi connectivity index (χ0v) is 14.5. The summed E-state index contributed by atoms with van der Waals surface area (Å²) in [5.41, 5.74) is 2.03. The van der Waals surface area contributed by atoms with E-state index in [1.165, 1.54) is 23.8 Å². The van der Waals surface area contributed by atoms with Crippen molar-refractivity contribution in [2.45, 2.75) is 12.8 Å². The number of amides is 1. The number of carbonyl (C=O) groups is 1. The van der Waals surface area contributed by atoms with Gasteiger partial charge in [0.2, 0.25) is 5.91 Å². The van der Waals surface area contributed by atoms with E-state index in [9.17, 15) is 9.18 Å². The Bertz CT molecular complexity index is 671. The van der Waals surface area contributed by atoms with Crippen molar-refractivity contribution in [3.05, 3.63) is 71.8 Å². The SMILES string of the molecule is CN(CCCNC(=O)C=Cc1ccc(F)cc1)CCc1cccnc1. The number of hydrogen-bond acceptors (Lipinski definition) is 3. The molecule has 0 fully saturated rings. The van der Waals surface area contributed by atoms with E-state index in [0.717, 1.165) is 31.5 Å². The van der Waals surface area contributed by atoms with Crippen molar-refractivity contribution in [3.63, 3.8) is 0 Å². The van der Waals surface area contributed by atoms with Gasteiger partial charge in [-0.2, -0.15) is 0 Å². The van der Waals surface area contributed by atoms with E-state index in [1.54, 1.807) is 24.4 Å². The van der Waals surface area contributed by atoms with Crippen molar-refractivity contribution in [2.75, 3.05) is 26.7 Å². The minimum atomic E-state index is -0.283. The fourth-order valence-corrected chi connectivity index (χ4v) is 2.34. The molecule has 1 N–H and O–H groups in total. The average molecular weight is 341 g/mol. The van der Waals surface area contributed by atoms with Crippen LogP contribution in [0.3, 0.4) is 0 Å². The van der Waals surface area contributed by atoms with Gasteiger partial charge in [0.1, 0.15) is 5.82 Å². The van der Waals surface area contributed by atoms with Crippen LogP contribution in [-0.4, -0.2) is 42.5 Å². The predicted molar refractivity (Wildman–Crippen MR) is 98.5 cm³/mol. The van der Waals surface area contributed by atoms with E-state index < -0.39 is 0 Å². The number of aromatic nitrogens is 1. The van der Waals surface area contributed by atoms with Gasteiger partial charge in [-0.25, -0.2) is 4.39 Å². The molecule has 1 heterocycles. The molecule has 1 amide bonds. The lowest BCUT2D eigenvalue weighted by Crippen LogP contribution is -2.28. The van der Waals surface area contributed by atoms with Crippen LogP contribution in [0.5, 0.6) is 0 Å². The summed E-state index contributed by atoms with van der Waals surface area (Å²) in [5, 5.41) is 2.86. The molecule has 5 heteroatoms. The lowest BCUT2D eigenvalue weighted by atomic mass is 10.2. The van der Waals surface area contributed by atoms with Crippen LogP contribution in [0.1, 0.15) is 17.5 Å². The highest BCUT2D eigenvalue weighted by Gasteiger charge is 2.01. The summed E-state index contributed by atoms with van der Waals surface area (Å²) in [5.74, 6) is -0.420. The zero-order chi connectivity index (χ0) is 17.9. The third-order valence-corrected chi connectivity index (χ3v) is 3.82. The van der Waals surface area contributed by atoms with Crippen molar-refractivity contribution >= 4 is 12.0 Å². The molecule has 0 aliphatic carbocycles. The Hall–Kier alpha value is -2.53. The molecule has 1 aromatic heterocycles. The van der Waals surface area contributed by atoms with Gasteiger partial charge in [-0.15, -0.1) is 0 Å². The topological polar surface area (TPSA) is 45.2 Å². The molecular formula is C20H24FN3O. The molecule has 4 nitrogen and oxygen atoms in total. The fraction of sp³-hybridized carbons (Fsp3) is 0.300. The second-order valence-corrected chi connectivity index (χ2v) is 5.94. The Balaban J connectivity index is 1.58. The summed E-state index contributed by atoms with van der Waals surface area (Å²) in [6.45, 7) is 2.51. The van der Waals surface area contributed by atoms with E-state index in [4.69, 9.17) is 0 Å². The monoisotopic (exact) mass is 341 g/mol. The Morgan fingerprint density at radius 1 is 1.24 bits per heavy atom. The molecule has 0 aliphatic rings. The van der Waals surface area contributed by atoms with Crippen molar-refractivity contribution < 1.29 is 9.18 Å². The highest BCUT2D eigenvalue weighted by molar-refractivity contribution is 5.91. The van der Waals surface area contributed by atoms with E-state index in [0.29, 0.717) is 6.54 Å². The Kier molecular flexibility index (Phi) is 7.79. The van der Waals surface area contributed by atoms with Crippen molar-refractivity contribution in [2.24, 2.45) is 0 Å². The normalized spacial score (nSPS) is 11.2. The Morgan fingerprint density at radius 3 is 2.76 bits per heavy atom. The van der Waals surface area contributed by atoms with Gasteiger partial charge in [0.05, 0.1) is 0 Å². The van der Waals surface area contributed by atoms with Crippen molar-refractivity contribution in [1.82, 2.24) is 15.2 Å². The van der Waals surface area contributed by atoms with Crippen LogP contribution in [-0.2, 0) is 11.2 Å². The molecule has 0 unspecified atom stereocenters. The minimum Gasteiger partial charge on any atom is -0.353 e. The molecule has 0 spiro atoms. The molecule has 25 heavy (non-hydrogen) atoms. The van der Waals surface area contributed by atoms with Gasteiger partial charge in [-0.1, -0.05) is 18.2 Å². The number of nitrogens with zero attached hydrogens (tertiary/aromatic N) is 2. The first kappa shape index (κ1) is 18.8. The third-order valence-electron chi connectivity index (χ3n) is 3.82. The summed E-state index contributed by atoms with van der Waals surface area (Å²) in [6, 6.07) is 10.0. The molecule has 0 bridgehead atoms. The van der Waals surface area contributed by atoms with E-state index >= 15 is 0 Å². The van der Waals surface area contributed by atoms with Crippen LogP contribution in [0, 0.1) is 5.82 Å². The van der Waals surface area contributed by atoms with Crippen molar-refractivity contribution in [1.29, 1.82) is 0 Å². The Labute approximate surface area is 148 Å². The molecule has 0 radical (unpaired) electrons. The number of likely N-dealkylation sites (N-methyl/N-ethyl adjacent to an activating group) is 1. The van der Waals surface area contributed by atoms with Crippen LogP contribution in [0.25, 0.3) is 6.08 Å². The number of hydrogen-bond donors (Lipinski definition) is 1. The van der Waals surface area contributed by atoms with Crippen LogP contribution < -0.4 is 5.32 Å². The molecule has 0 atom stereocenters. The lowest BCUT2D eigenvalue weighted by Gasteiger charge is -2.16. The van der Waals surface area contributed by atoms with E-state index in [-0.39, 0.29) is 11.7 Å². The van der Waals surface area contributed by atoms with Gasteiger partial charge < -0.3 is 10.2 Å². The van der Waals surface area contributed by atoms with Crippen LogP contribution in [0.4, 0.5) is 4.39 Å². The second-order valence-electron chi connectivity index (χ2n) is 5.94. The second kappa shape index (κ2) is 10.4. The molecular weight excluding hydrogens is 317 g/mol. The predicted octanol–water partition coefficient (Wildman–Crippen LogP) is 2.91. The Morgan fingerprint density at radius 2 is 2.04 bits per heavy atom. The maximum Gasteiger partial charge on any atom is 0.243 e. The number of pyridine rings is 1. The molecule has 1 aromatic carbocycles. The maximum atomic E-state index is 12.8. The first-order chi connectivity index (χ1) is 12.1. The minimum absolute atomic E-state index is 0.137. The zero-order valence-electron chi connectivity index (χ0n) is 14.5. The molecule has 0 aliphatic heterocycles. The summed E-state index contributed by atoms with van der Waals surface area (Å²) in [6.07, 6.45) is 8.67. The number of rotatable bonds is 9. The van der Waals surface area contributed by atoms with Crippen LogP contribution >= 0.6 is 0 Å². The number of nitrogens with one attached hydrogen (secondary N) is 1. The quantitative estimate of drug-likeness (QED) is 0.563. The summed E-state index contributed by atoms with van der Waals surface area (Å²) < 4.78 is 12.8. The lowest BCUT2D eigenvalue weighted by molar-refractivity contribution is -0.116. The van der Waals surface area contributed by atoms with Gasteiger partial charge in [-0.3, -0.25) is 9.78 Å². The van der Waals surface area contributed by atoms with Gasteiger partial charge in [-0.05, 0) is 61.8 Å². The molecule has 2 aromatic rings. The smallest absolute Gasteiger partial charge is 0.243 e. The van der Waals surface area contributed by atoms with Gasteiger partial charge >= 0.3 is 0 Å².